The van der Waals surface area contributed by atoms with Gasteiger partial charge in [0.1, 0.15) is 0 Å². The van der Waals surface area contributed by atoms with E-state index in [4.69, 9.17) is 0 Å². The third-order valence-corrected chi connectivity index (χ3v) is 6.30. The number of nitrogens with one attached hydrogen (secondary N) is 1. The third kappa shape index (κ3) is 3.21. The minimum absolute atomic E-state index is 0.187. The first kappa shape index (κ1) is 15.2. The molecule has 0 spiro atoms. The number of fused-ring (bicyclic) bond motifs is 1. The number of halogens is 2. The number of para-hydroxylation sites is 1. The van der Waals surface area contributed by atoms with Crippen LogP contribution in [0, 0.1) is 0 Å². The SMILES string of the molecule is CC1(CCNc2ccc(Br)cc2)Cc2ccccc2N1I. The largest absolute Gasteiger partial charge is 0.385 e. The summed E-state index contributed by atoms with van der Waals surface area (Å²) in [6.07, 6.45) is 2.23. The zero-order valence-corrected chi connectivity index (χ0v) is 15.7. The van der Waals surface area contributed by atoms with Crippen molar-refractivity contribution in [2.75, 3.05) is 15.0 Å². The van der Waals surface area contributed by atoms with Gasteiger partial charge in [-0.1, -0.05) is 34.1 Å². The number of hydrogen-bond donors (Lipinski definition) is 1. The number of nitrogens with zero attached hydrogens (tertiary/aromatic N) is 1. The predicted molar refractivity (Wildman–Crippen MR) is 102 cm³/mol. The molecule has 0 saturated heterocycles. The van der Waals surface area contributed by atoms with Gasteiger partial charge in [-0.2, -0.15) is 0 Å². The summed E-state index contributed by atoms with van der Waals surface area (Å²) < 4.78 is 3.52. The summed E-state index contributed by atoms with van der Waals surface area (Å²) in [5.41, 5.74) is 4.19. The van der Waals surface area contributed by atoms with Crippen molar-refractivity contribution in [1.82, 2.24) is 0 Å². The number of hydrogen-bond acceptors (Lipinski definition) is 2. The Morgan fingerprint density at radius 2 is 1.90 bits per heavy atom. The van der Waals surface area contributed by atoms with Crippen LogP contribution in [0.5, 0.6) is 0 Å². The summed E-state index contributed by atoms with van der Waals surface area (Å²) in [5, 5.41) is 3.52. The quantitative estimate of drug-likeness (QED) is 0.488. The van der Waals surface area contributed by atoms with E-state index >= 15 is 0 Å². The molecule has 2 nitrogen and oxygen atoms in total. The topological polar surface area (TPSA) is 15.3 Å². The molecule has 1 atom stereocenters. The van der Waals surface area contributed by atoms with E-state index in [1.807, 2.05) is 0 Å². The summed E-state index contributed by atoms with van der Waals surface area (Å²) in [6.45, 7) is 3.33. The fraction of sp³-hybridized carbons (Fsp3) is 0.294. The lowest BCUT2D eigenvalue weighted by molar-refractivity contribution is 0.483. The van der Waals surface area contributed by atoms with Crippen LogP contribution < -0.4 is 8.43 Å². The normalized spacial score (nSPS) is 20.4. The van der Waals surface area contributed by atoms with Gasteiger partial charge < -0.3 is 8.43 Å². The molecule has 2 aromatic carbocycles. The minimum Gasteiger partial charge on any atom is -0.385 e. The molecule has 0 saturated carbocycles. The van der Waals surface area contributed by atoms with Crippen molar-refractivity contribution in [3.63, 3.8) is 0 Å². The second-order valence-electron chi connectivity index (χ2n) is 5.77. The summed E-state index contributed by atoms with van der Waals surface area (Å²) in [5.74, 6) is 0. The van der Waals surface area contributed by atoms with Crippen molar-refractivity contribution in [3.8, 4) is 0 Å². The summed E-state index contributed by atoms with van der Waals surface area (Å²) in [4.78, 5) is 0. The second-order valence-corrected chi connectivity index (χ2v) is 7.65. The zero-order chi connectivity index (χ0) is 14.9. The van der Waals surface area contributed by atoms with Crippen molar-refractivity contribution in [2.45, 2.75) is 25.3 Å². The van der Waals surface area contributed by atoms with Crippen LogP contribution >= 0.6 is 38.8 Å². The van der Waals surface area contributed by atoms with Gasteiger partial charge in [0, 0.05) is 22.4 Å². The standard InChI is InChI=1S/C17H18BrIN2/c1-17(10-11-20-15-8-6-14(18)7-9-15)12-13-4-2-3-5-16(13)21(17)19/h2-9,20H,10-12H2,1H3. The van der Waals surface area contributed by atoms with Gasteiger partial charge in [-0.25, -0.2) is 0 Å². The highest BCUT2D eigenvalue weighted by Crippen LogP contribution is 2.42. The summed E-state index contributed by atoms with van der Waals surface area (Å²) in [7, 11) is 0. The molecule has 110 valence electrons. The molecule has 1 unspecified atom stereocenters. The smallest absolute Gasteiger partial charge is 0.0597 e. The molecule has 0 radical (unpaired) electrons. The minimum atomic E-state index is 0.187. The first-order chi connectivity index (χ1) is 10.1. The van der Waals surface area contributed by atoms with Crippen molar-refractivity contribution < 1.29 is 0 Å². The lowest BCUT2D eigenvalue weighted by Gasteiger charge is -2.32. The van der Waals surface area contributed by atoms with Crippen molar-refractivity contribution in [2.24, 2.45) is 0 Å². The Balaban J connectivity index is 1.62. The zero-order valence-electron chi connectivity index (χ0n) is 11.9. The fourth-order valence-electron chi connectivity index (χ4n) is 2.85. The van der Waals surface area contributed by atoms with E-state index in [0.717, 1.165) is 23.9 Å². The highest BCUT2D eigenvalue weighted by Gasteiger charge is 2.38. The molecule has 0 aromatic heterocycles. The molecule has 1 heterocycles. The van der Waals surface area contributed by atoms with E-state index in [1.165, 1.54) is 16.9 Å². The average Bonchev–Trinajstić information content (AvgIpc) is 2.74. The van der Waals surface area contributed by atoms with Gasteiger partial charge in [0.25, 0.3) is 0 Å². The van der Waals surface area contributed by atoms with Gasteiger partial charge in [0.2, 0.25) is 0 Å². The molecule has 0 fully saturated rings. The van der Waals surface area contributed by atoms with E-state index in [0.29, 0.717) is 0 Å². The number of rotatable bonds is 4. The molecule has 1 aliphatic rings. The van der Waals surface area contributed by atoms with Gasteiger partial charge >= 0.3 is 0 Å². The lowest BCUT2D eigenvalue weighted by atomic mass is 9.94. The average molecular weight is 457 g/mol. The summed E-state index contributed by atoms with van der Waals surface area (Å²) >= 11 is 5.93. The molecule has 21 heavy (non-hydrogen) atoms. The monoisotopic (exact) mass is 456 g/mol. The predicted octanol–water partition coefficient (Wildman–Crippen LogP) is 5.42. The molecule has 1 aliphatic heterocycles. The molecule has 2 aromatic rings. The summed E-state index contributed by atoms with van der Waals surface area (Å²) in [6, 6.07) is 17.1. The van der Waals surface area contributed by atoms with Gasteiger partial charge in [0.15, 0.2) is 0 Å². The molecule has 0 bridgehead atoms. The Kier molecular flexibility index (Phi) is 4.45. The Labute approximate surface area is 148 Å². The van der Waals surface area contributed by atoms with Crippen LogP contribution in [0.4, 0.5) is 11.4 Å². The van der Waals surface area contributed by atoms with Crippen LogP contribution in [0.25, 0.3) is 0 Å². The van der Waals surface area contributed by atoms with Gasteiger partial charge in [-0.3, -0.25) is 0 Å². The van der Waals surface area contributed by atoms with Crippen molar-refractivity contribution in [3.05, 3.63) is 58.6 Å². The molecule has 0 amide bonds. The van der Waals surface area contributed by atoms with Gasteiger partial charge in [0.05, 0.1) is 28.4 Å². The Hall–Kier alpha value is -0.750. The second kappa shape index (κ2) is 6.16. The Morgan fingerprint density at radius 3 is 2.62 bits per heavy atom. The molecule has 1 N–H and O–H groups in total. The Bertz CT molecular complexity index is 629. The van der Waals surface area contributed by atoms with E-state index in [9.17, 15) is 0 Å². The third-order valence-electron chi connectivity index (χ3n) is 4.09. The van der Waals surface area contributed by atoms with Crippen LogP contribution in [0.1, 0.15) is 18.9 Å². The molecule has 0 aliphatic carbocycles. The van der Waals surface area contributed by atoms with Crippen LogP contribution in [0.3, 0.4) is 0 Å². The van der Waals surface area contributed by atoms with Crippen LogP contribution in [0.2, 0.25) is 0 Å². The van der Waals surface area contributed by atoms with E-state index in [1.54, 1.807) is 0 Å². The molecular formula is C17H18BrIN2. The van der Waals surface area contributed by atoms with Crippen LogP contribution in [0.15, 0.2) is 53.0 Å². The molecule has 4 heteroatoms. The van der Waals surface area contributed by atoms with E-state index < -0.39 is 0 Å². The van der Waals surface area contributed by atoms with Crippen LogP contribution in [-0.4, -0.2) is 12.1 Å². The van der Waals surface area contributed by atoms with E-state index in [2.05, 4.69) is 103 Å². The lowest BCUT2D eigenvalue weighted by Crippen LogP contribution is -2.39. The van der Waals surface area contributed by atoms with Gasteiger partial charge in [-0.05, 0) is 55.7 Å². The maximum atomic E-state index is 3.52. The number of benzene rings is 2. The first-order valence-electron chi connectivity index (χ1n) is 7.12. The molecular weight excluding hydrogens is 439 g/mol. The Morgan fingerprint density at radius 1 is 1.19 bits per heavy atom. The fourth-order valence-corrected chi connectivity index (χ4v) is 4.00. The molecule has 3 rings (SSSR count). The maximum absolute atomic E-state index is 3.52. The van der Waals surface area contributed by atoms with E-state index in [-0.39, 0.29) is 5.54 Å². The van der Waals surface area contributed by atoms with Crippen molar-refractivity contribution in [1.29, 1.82) is 0 Å². The highest BCUT2D eigenvalue weighted by molar-refractivity contribution is 14.1. The van der Waals surface area contributed by atoms with Gasteiger partial charge in [-0.15, -0.1) is 0 Å². The maximum Gasteiger partial charge on any atom is 0.0597 e. The van der Waals surface area contributed by atoms with Crippen molar-refractivity contribution >= 4 is 50.2 Å². The first-order valence-corrected chi connectivity index (χ1v) is 8.88. The van der Waals surface area contributed by atoms with Crippen LogP contribution in [-0.2, 0) is 6.42 Å². The highest BCUT2D eigenvalue weighted by atomic mass is 127. The number of anilines is 2.